The minimum absolute atomic E-state index is 0.0239. The van der Waals surface area contributed by atoms with Crippen LogP contribution in [0.1, 0.15) is 11.5 Å². The summed E-state index contributed by atoms with van der Waals surface area (Å²) in [6.07, 6.45) is -0.0239. The van der Waals surface area contributed by atoms with Crippen molar-refractivity contribution in [3.05, 3.63) is 71.1 Å². The lowest BCUT2D eigenvalue weighted by atomic mass is 10.3. The third kappa shape index (κ3) is 4.52. The summed E-state index contributed by atoms with van der Waals surface area (Å²) in [5, 5.41) is 4.19. The lowest BCUT2D eigenvalue weighted by molar-refractivity contribution is -0.133. The smallest absolute Gasteiger partial charge is 0.317 e. The van der Waals surface area contributed by atoms with Gasteiger partial charge < -0.3 is 9.26 Å². The summed E-state index contributed by atoms with van der Waals surface area (Å²) in [6, 6.07) is 13.7. The molecule has 3 aromatic rings. The number of hydrogen-bond donors (Lipinski definition) is 0. The van der Waals surface area contributed by atoms with Crippen molar-refractivity contribution in [2.75, 3.05) is 11.4 Å². The molecule has 146 valence electrons. The third-order valence-corrected chi connectivity index (χ3v) is 5.96. The van der Waals surface area contributed by atoms with Crippen LogP contribution in [0.25, 0.3) is 0 Å². The number of sulfonamides is 1. The second kappa shape index (κ2) is 8.04. The maximum absolute atomic E-state index is 12.7. The van der Waals surface area contributed by atoms with Crippen LogP contribution >= 0.6 is 11.6 Å². The molecule has 0 unspecified atom stereocenters. The van der Waals surface area contributed by atoms with Crippen molar-refractivity contribution < 1.29 is 22.5 Å². The summed E-state index contributed by atoms with van der Waals surface area (Å²) in [7, 11) is -2.29. The van der Waals surface area contributed by atoms with Gasteiger partial charge in [-0.1, -0.05) is 16.8 Å². The summed E-state index contributed by atoms with van der Waals surface area (Å²) in [5.74, 6) is 0.409. The van der Waals surface area contributed by atoms with Crippen LogP contribution in [0.3, 0.4) is 0 Å². The van der Waals surface area contributed by atoms with Gasteiger partial charge in [0.15, 0.2) is 0 Å². The summed E-state index contributed by atoms with van der Waals surface area (Å²) in [4.78, 5) is 12.1. The fourth-order valence-electron chi connectivity index (χ4n) is 2.44. The maximum Gasteiger partial charge on any atom is 0.317 e. The van der Waals surface area contributed by atoms with Gasteiger partial charge >= 0.3 is 5.97 Å². The number of benzene rings is 2. The molecule has 0 aliphatic rings. The molecule has 0 saturated carbocycles. The first-order chi connectivity index (χ1) is 13.3. The zero-order chi connectivity index (χ0) is 20.3. The van der Waals surface area contributed by atoms with Crippen LogP contribution in [-0.4, -0.2) is 26.6 Å². The Bertz CT molecular complexity index is 1080. The highest BCUT2D eigenvalue weighted by atomic mass is 35.5. The minimum Gasteiger partial charge on any atom is -0.426 e. The molecule has 1 aromatic heterocycles. The number of carbonyl (C=O) groups excluding carboxylic acids is 1. The van der Waals surface area contributed by atoms with Gasteiger partial charge in [-0.3, -0.25) is 9.10 Å². The molecule has 0 radical (unpaired) electrons. The Labute approximate surface area is 167 Å². The molecule has 9 heteroatoms. The minimum atomic E-state index is -3.73. The molecule has 0 bridgehead atoms. The highest BCUT2D eigenvalue weighted by Crippen LogP contribution is 2.25. The Morgan fingerprint density at radius 3 is 2.36 bits per heavy atom. The highest BCUT2D eigenvalue weighted by molar-refractivity contribution is 7.92. The van der Waals surface area contributed by atoms with E-state index in [0.29, 0.717) is 27.9 Å². The molecule has 0 amide bonds. The molecule has 0 fully saturated rings. The van der Waals surface area contributed by atoms with E-state index in [0.717, 1.165) is 4.31 Å². The first-order valence-corrected chi connectivity index (χ1v) is 10.0. The van der Waals surface area contributed by atoms with Gasteiger partial charge in [0.05, 0.1) is 22.7 Å². The van der Waals surface area contributed by atoms with Gasteiger partial charge in [-0.15, -0.1) is 0 Å². The fourth-order valence-corrected chi connectivity index (χ4v) is 3.77. The highest BCUT2D eigenvalue weighted by Gasteiger charge is 2.21. The summed E-state index contributed by atoms with van der Waals surface area (Å²) in [5.41, 5.74) is 0.898. The van der Waals surface area contributed by atoms with Gasteiger partial charge in [0.25, 0.3) is 10.0 Å². The molecule has 0 atom stereocenters. The summed E-state index contributed by atoms with van der Waals surface area (Å²) in [6.45, 7) is 1.73. The second-order valence-corrected chi connectivity index (χ2v) is 8.41. The zero-order valence-electron chi connectivity index (χ0n) is 15.1. The van der Waals surface area contributed by atoms with Crippen molar-refractivity contribution in [2.24, 2.45) is 0 Å². The van der Waals surface area contributed by atoms with Crippen LogP contribution in [0.2, 0.25) is 5.02 Å². The SMILES string of the molecule is Cc1cc(CC(=O)Oc2ccc(N(C)S(=O)(=O)c3ccc(Cl)cc3)cc2)no1. The molecule has 2 aromatic carbocycles. The van der Waals surface area contributed by atoms with E-state index in [9.17, 15) is 13.2 Å². The Morgan fingerprint density at radius 2 is 1.79 bits per heavy atom. The van der Waals surface area contributed by atoms with Gasteiger partial charge in [0.1, 0.15) is 11.5 Å². The Morgan fingerprint density at radius 1 is 1.14 bits per heavy atom. The fraction of sp³-hybridized carbons (Fsp3) is 0.158. The van der Waals surface area contributed by atoms with Crippen LogP contribution in [0.15, 0.2) is 64.0 Å². The van der Waals surface area contributed by atoms with Crippen molar-refractivity contribution in [3.63, 3.8) is 0 Å². The summed E-state index contributed by atoms with van der Waals surface area (Å²) >= 11 is 5.81. The first kappa shape index (κ1) is 19.9. The predicted octanol–water partition coefficient (Wildman–Crippen LogP) is 3.61. The molecule has 0 aliphatic heterocycles. The average Bonchev–Trinajstić information content (AvgIpc) is 3.06. The lowest BCUT2D eigenvalue weighted by Gasteiger charge is -2.19. The number of ether oxygens (including phenoxy) is 1. The van der Waals surface area contributed by atoms with Gasteiger partial charge in [-0.05, 0) is 55.5 Å². The number of anilines is 1. The molecule has 7 nitrogen and oxygen atoms in total. The van der Waals surface area contributed by atoms with Crippen molar-refractivity contribution in [1.29, 1.82) is 0 Å². The van der Waals surface area contributed by atoms with E-state index >= 15 is 0 Å². The van der Waals surface area contributed by atoms with Crippen molar-refractivity contribution in [1.82, 2.24) is 5.16 Å². The van der Waals surface area contributed by atoms with Crippen LogP contribution in [0, 0.1) is 6.92 Å². The molecule has 0 spiro atoms. The number of aryl methyl sites for hydroxylation is 1. The average molecular weight is 421 g/mol. The van der Waals surface area contributed by atoms with Gasteiger partial charge in [-0.25, -0.2) is 8.42 Å². The second-order valence-electron chi connectivity index (χ2n) is 6.00. The predicted molar refractivity (Wildman–Crippen MR) is 104 cm³/mol. The van der Waals surface area contributed by atoms with Crippen molar-refractivity contribution in [2.45, 2.75) is 18.2 Å². The van der Waals surface area contributed by atoms with E-state index in [2.05, 4.69) is 5.16 Å². The monoisotopic (exact) mass is 420 g/mol. The standard InChI is InChI=1S/C19H17ClN2O5S/c1-13-11-15(21-27-13)12-19(23)26-17-7-5-16(6-8-17)22(2)28(24,25)18-9-3-14(20)4-10-18/h3-11H,12H2,1-2H3. The van der Waals surface area contributed by atoms with E-state index in [4.69, 9.17) is 20.9 Å². The van der Waals surface area contributed by atoms with Crippen LogP contribution < -0.4 is 9.04 Å². The van der Waals surface area contributed by atoms with Crippen LogP contribution in [-0.2, 0) is 21.2 Å². The molecule has 0 N–H and O–H groups in total. The van der Waals surface area contributed by atoms with Gasteiger partial charge in [0, 0.05) is 18.1 Å². The van der Waals surface area contributed by atoms with E-state index in [1.165, 1.54) is 43.4 Å². The quantitative estimate of drug-likeness (QED) is 0.447. The van der Waals surface area contributed by atoms with Crippen LogP contribution in [0.5, 0.6) is 5.75 Å². The normalized spacial score (nSPS) is 11.2. The Hall–Kier alpha value is -2.84. The molecule has 3 rings (SSSR count). The number of halogens is 1. The van der Waals surface area contributed by atoms with E-state index in [1.807, 2.05) is 0 Å². The largest absolute Gasteiger partial charge is 0.426 e. The molecular weight excluding hydrogens is 404 g/mol. The lowest BCUT2D eigenvalue weighted by Crippen LogP contribution is -2.26. The number of carbonyl (C=O) groups is 1. The zero-order valence-corrected chi connectivity index (χ0v) is 16.7. The van der Waals surface area contributed by atoms with Crippen LogP contribution in [0.4, 0.5) is 5.69 Å². The number of nitrogens with zero attached hydrogens (tertiary/aromatic N) is 2. The van der Waals surface area contributed by atoms with E-state index in [-0.39, 0.29) is 11.3 Å². The Balaban J connectivity index is 1.69. The van der Waals surface area contributed by atoms with Gasteiger partial charge in [0.2, 0.25) is 0 Å². The van der Waals surface area contributed by atoms with Crippen molar-refractivity contribution in [3.8, 4) is 5.75 Å². The van der Waals surface area contributed by atoms with E-state index < -0.39 is 16.0 Å². The number of rotatable bonds is 6. The molecular formula is C19H17ClN2O5S. The molecule has 0 aliphatic carbocycles. The molecule has 0 saturated heterocycles. The third-order valence-electron chi connectivity index (χ3n) is 3.91. The Kier molecular flexibility index (Phi) is 5.71. The summed E-state index contributed by atoms with van der Waals surface area (Å²) < 4.78 is 36.7. The molecule has 28 heavy (non-hydrogen) atoms. The maximum atomic E-state index is 12.7. The van der Waals surface area contributed by atoms with E-state index in [1.54, 1.807) is 25.1 Å². The number of aromatic nitrogens is 1. The number of esters is 1. The topological polar surface area (TPSA) is 89.7 Å². The number of hydrogen-bond acceptors (Lipinski definition) is 6. The van der Waals surface area contributed by atoms with Gasteiger partial charge in [-0.2, -0.15) is 0 Å². The first-order valence-electron chi connectivity index (χ1n) is 8.23. The van der Waals surface area contributed by atoms with Crippen molar-refractivity contribution >= 4 is 33.3 Å². The molecule has 1 heterocycles.